The van der Waals surface area contributed by atoms with Gasteiger partial charge in [0.2, 0.25) is 5.91 Å². The van der Waals surface area contributed by atoms with Crippen LogP contribution in [0, 0.1) is 5.41 Å². The van der Waals surface area contributed by atoms with Crippen LogP contribution in [0.15, 0.2) is 60.7 Å². The number of carbonyl (C=O) groups excluding carboxylic acids is 2. The van der Waals surface area contributed by atoms with Crippen LogP contribution in [-0.4, -0.2) is 42.9 Å². The molecule has 0 aliphatic carbocycles. The first-order valence-electron chi connectivity index (χ1n) is 10.1. The van der Waals surface area contributed by atoms with Crippen molar-refractivity contribution in [3.8, 4) is 0 Å². The number of likely N-dealkylation sites (tertiary alicyclic amines) is 1. The standard InChI is InChI=1S/C23H27N3O2.ClH/c27-21(19-9-5-2-6-10-19)25-20(18-7-3-1-4-8-18)22(28)26-15-12-23(13-16-26)11-14-24-17-23;/h1-10,20,24H,11-17H2,(H,25,27);1H. The first-order chi connectivity index (χ1) is 13.7. The molecule has 2 fully saturated rings. The van der Waals surface area contributed by atoms with Crippen LogP contribution in [0.5, 0.6) is 0 Å². The Morgan fingerprint density at radius 1 is 0.931 bits per heavy atom. The zero-order chi connectivity index (χ0) is 19.4. The lowest BCUT2D eigenvalue weighted by atomic mass is 9.77. The van der Waals surface area contributed by atoms with Gasteiger partial charge in [0.05, 0.1) is 0 Å². The molecule has 2 aromatic carbocycles. The molecule has 0 saturated carbocycles. The molecule has 0 bridgehead atoms. The maximum atomic E-state index is 13.4. The molecular weight excluding hydrogens is 386 g/mol. The van der Waals surface area contributed by atoms with E-state index in [1.807, 2.05) is 53.4 Å². The van der Waals surface area contributed by atoms with E-state index in [4.69, 9.17) is 0 Å². The van der Waals surface area contributed by atoms with E-state index in [1.54, 1.807) is 12.1 Å². The van der Waals surface area contributed by atoms with Crippen molar-refractivity contribution in [1.82, 2.24) is 15.5 Å². The Morgan fingerprint density at radius 2 is 1.55 bits per heavy atom. The summed E-state index contributed by atoms with van der Waals surface area (Å²) >= 11 is 0. The van der Waals surface area contributed by atoms with Crippen LogP contribution in [0.2, 0.25) is 0 Å². The minimum absolute atomic E-state index is 0. The topological polar surface area (TPSA) is 61.4 Å². The van der Waals surface area contributed by atoms with E-state index < -0.39 is 6.04 Å². The second-order valence-corrected chi connectivity index (χ2v) is 7.94. The molecule has 5 nitrogen and oxygen atoms in total. The number of nitrogens with zero attached hydrogens (tertiary/aromatic N) is 1. The highest BCUT2D eigenvalue weighted by Crippen LogP contribution is 2.37. The molecule has 1 unspecified atom stereocenters. The normalized spacial score (nSPS) is 18.7. The number of hydrogen-bond acceptors (Lipinski definition) is 3. The minimum atomic E-state index is -0.662. The molecule has 2 N–H and O–H groups in total. The summed E-state index contributed by atoms with van der Waals surface area (Å²) in [6, 6.07) is 17.9. The van der Waals surface area contributed by atoms with Crippen molar-refractivity contribution in [2.75, 3.05) is 26.2 Å². The van der Waals surface area contributed by atoms with Gasteiger partial charge in [0, 0.05) is 25.2 Å². The molecule has 2 heterocycles. The third kappa shape index (κ3) is 4.80. The summed E-state index contributed by atoms with van der Waals surface area (Å²) in [6.45, 7) is 3.64. The van der Waals surface area contributed by atoms with Gasteiger partial charge in [0.15, 0.2) is 0 Å². The van der Waals surface area contributed by atoms with Crippen LogP contribution >= 0.6 is 12.4 Å². The second kappa shape index (κ2) is 9.42. The number of piperidine rings is 1. The van der Waals surface area contributed by atoms with Gasteiger partial charge in [-0.15, -0.1) is 12.4 Å². The van der Waals surface area contributed by atoms with E-state index in [1.165, 1.54) is 6.42 Å². The van der Waals surface area contributed by atoms with Gasteiger partial charge in [-0.3, -0.25) is 9.59 Å². The smallest absolute Gasteiger partial charge is 0.252 e. The Labute approximate surface area is 178 Å². The first kappa shape index (κ1) is 21.3. The number of benzene rings is 2. The molecule has 4 rings (SSSR count). The van der Waals surface area contributed by atoms with Crippen molar-refractivity contribution in [2.45, 2.75) is 25.3 Å². The lowest BCUT2D eigenvalue weighted by Crippen LogP contribution is -2.48. The summed E-state index contributed by atoms with van der Waals surface area (Å²) in [5.74, 6) is -0.243. The summed E-state index contributed by atoms with van der Waals surface area (Å²) in [4.78, 5) is 28.0. The van der Waals surface area contributed by atoms with E-state index in [-0.39, 0.29) is 24.2 Å². The minimum Gasteiger partial charge on any atom is -0.341 e. The van der Waals surface area contributed by atoms with Gasteiger partial charge in [0.1, 0.15) is 6.04 Å². The number of amides is 2. The van der Waals surface area contributed by atoms with Crippen LogP contribution in [0.25, 0.3) is 0 Å². The Morgan fingerprint density at radius 3 is 2.14 bits per heavy atom. The van der Waals surface area contributed by atoms with Crippen LogP contribution in [0.4, 0.5) is 0 Å². The Bertz CT molecular complexity index is 813. The molecule has 154 valence electrons. The average molecular weight is 414 g/mol. The van der Waals surface area contributed by atoms with Gasteiger partial charge in [-0.05, 0) is 48.9 Å². The highest BCUT2D eigenvalue weighted by atomic mass is 35.5. The fourth-order valence-corrected chi connectivity index (χ4v) is 4.34. The number of carbonyl (C=O) groups is 2. The third-order valence-electron chi connectivity index (χ3n) is 6.16. The van der Waals surface area contributed by atoms with Gasteiger partial charge >= 0.3 is 0 Å². The van der Waals surface area contributed by atoms with E-state index in [2.05, 4.69) is 10.6 Å². The zero-order valence-electron chi connectivity index (χ0n) is 16.5. The zero-order valence-corrected chi connectivity index (χ0v) is 17.3. The second-order valence-electron chi connectivity index (χ2n) is 7.94. The molecule has 1 spiro atoms. The highest BCUT2D eigenvalue weighted by molar-refractivity contribution is 5.97. The predicted octanol–water partition coefficient (Wildman–Crippen LogP) is 3.18. The molecule has 0 aromatic heterocycles. The van der Waals surface area contributed by atoms with Crippen molar-refractivity contribution in [2.24, 2.45) is 5.41 Å². The summed E-state index contributed by atoms with van der Waals surface area (Å²) < 4.78 is 0. The quantitative estimate of drug-likeness (QED) is 0.809. The van der Waals surface area contributed by atoms with Crippen LogP contribution < -0.4 is 10.6 Å². The van der Waals surface area contributed by atoms with Gasteiger partial charge < -0.3 is 15.5 Å². The van der Waals surface area contributed by atoms with E-state index >= 15 is 0 Å². The van der Waals surface area contributed by atoms with Crippen molar-refractivity contribution >= 4 is 24.2 Å². The summed E-state index contributed by atoms with van der Waals surface area (Å²) in [5.41, 5.74) is 1.73. The highest BCUT2D eigenvalue weighted by Gasteiger charge is 2.39. The van der Waals surface area contributed by atoms with Crippen molar-refractivity contribution in [3.63, 3.8) is 0 Å². The van der Waals surface area contributed by atoms with Gasteiger partial charge in [-0.25, -0.2) is 0 Å². The molecule has 1 atom stereocenters. The summed E-state index contributed by atoms with van der Waals surface area (Å²) in [7, 11) is 0. The molecule has 2 aromatic rings. The lowest BCUT2D eigenvalue weighted by molar-refractivity contribution is -0.135. The van der Waals surface area contributed by atoms with E-state index in [9.17, 15) is 9.59 Å². The van der Waals surface area contributed by atoms with Crippen LogP contribution in [-0.2, 0) is 4.79 Å². The first-order valence-corrected chi connectivity index (χ1v) is 10.1. The molecule has 29 heavy (non-hydrogen) atoms. The fourth-order valence-electron chi connectivity index (χ4n) is 4.34. The van der Waals surface area contributed by atoms with Crippen molar-refractivity contribution in [1.29, 1.82) is 0 Å². The maximum Gasteiger partial charge on any atom is 0.252 e. The monoisotopic (exact) mass is 413 g/mol. The third-order valence-corrected chi connectivity index (χ3v) is 6.16. The van der Waals surface area contributed by atoms with Crippen LogP contribution in [0.1, 0.15) is 41.2 Å². The van der Waals surface area contributed by atoms with E-state index in [0.29, 0.717) is 11.0 Å². The Kier molecular flexibility index (Phi) is 6.93. The predicted molar refractivity (Wildman–Crippen MR) is 116 cm³/mol. The number of halogens is 1. The van der Waals surface area contributed by atoms with Crippen LogP contribution in [0.3, 0.4) is 0 Å². The summed E-state index contributed by atoms with van der Waals surface area (Å²) in [6.07, 6.45) is 3.25. The Hall–Kier alpha value is -2.37. The van der Waals surface area contributed by atoms with Crippen molar-refractivity contribution in [3.05, 3.63) is 71.8 Å². The van der Waals surface area contributed by atoms with E-state index in [0.717, 1.165) is 44.6 Å². The average Bonchev–Trinajstić information content (AvgIpc) is 3.21. The molecule has 2 aliphatic rings. The SMILES string of the molecule is Cl.O=C(NC(C(=O)N1CCC2(CCNC2)CC1)c1ccccc1)c1ccccc1. The molecule has 2 saturated heterocycles. The van der Waals surface area contributed by atoms with Gasteiger partial charge in [0.25, 0.3) is 5.91 Å². The number of hydrogen-bond donors (Lipinski definition) is 2. The van der Waals surface area contributed by atoms with Crippen molar-refractivity contribution < 1.29 is 9.59 Å². The molecule has 2 amide bonds. The largest absolute Gasteiger partial charge is 0.341 e. The van der Waals surface area contributed by atoms with Gasteiger partial charge in [-0.1, -0.05) is 48.5 Å². The summed E-state index contributed by atoms with van der Waals surface area (Å²) in [5, 5.41) is 6.42. The molecule has 2 aliphatic heterocycles. The molecule has 0 radical (unpaired) electrons. The molecular formula is C23H28ClN3O2. The number of nitrogens with one attached hydrogen (secondary N) is 2. The number of rotatable bonds is 4. The Balaban J connectivity index is 0.00000240. The lowest BCUT2D eigenvalue weighted by Gasteiger charge is -2.40. The van der Waals surface area contributed by atoms with Gasteiger partial charge in [-0.2, -0.15) is 0 Å². The molecule has 6 heteroatoms. The fraction of sp³-hybridized carbons (Fsp3) is 0.391. The maximum absolute atomic E-state index is 13.4.